The van der Waals surface area contributed by atoms with E-state index in [9.17, 15) is 8.42 Å². The van der Waals surface area contributed by atoms with Crippen LogP contribution in [0.15, 0.2) is 47.4 Å². The summed E-state index contributed by atoms with van der Waals surface area (Å²) in [7, 11) is 1.76. The van der Waals surface area contributed by atoms with Crippen LogP contribution < -0.4 is 0 Å². The Kier molecular flexibility index (Phi) is 5.23. The van der Waals surface area contributed by atoms with E-state index in [1.54, 1.807) is 26.2 Å². The average Bonchev–Trinajstić information content (AvgIpc) is 3.27. The summed E-state index contributed by atoms with van der Waals surface area (Å²) in [6.07, 6.45) is 2.23. The van der Waals surface area contributed by atoms with Crippen molar-refractivity contribution in [3.05, 3.63) is 59.4 Å². The average molecular weight is 413 g/mol. The number of rotatable bonds is 6. The molecule has 0 aliphatic heterocycles. The molecule has 29 heavy (non-hydrogen) atoms. The van der Waals surface area contributed by atoms with Gasteiger partial charge in [-0.2, -0.15) is 0 Å². The van der Waals surface area contributed by atoms with E-state index >= 15 is 0 Å². The van der Waals surface area contributed by atoms with Crippen LogP contribution in [0.5, 0.6) is 0 Å². The Labute approximate surface area is 172 Å². The summed E-state index contributed by atoms with van der Waals surface area (Å²) in [4.78, 5) is 7.46. The summed E-state index contributed by atoms with van der Waals surface area (Å²) in [6, 6.07) is 14.3. The Hall–Kier alpha value is -2.22. The molecule has 6 nitrogen and oxygen atoms in total. The smallest absolute Gasteiger partial charge is 0.242 e. The molecule has 7 heteroatoms. The van der Waals surface area contributed by atoms with Gasteiger partial charge >= 0.3 is 0 Å². The Morgan fingerprint density at radius 3 is 2.62 bits per heavy atom. The highest BCUT2D eigenvalue weighted by atomic mass is 32.2. The van der Waals surface area contributed by atoms with Crippen molar-refractivity contribution in [3.63, 3.8) is 0 Å². The molecular weight excluding hydrogens is 384 g/mol. The molecule has 0 N–H and O–H groups in total. The molecule has 0 saturated carbocycles. The fourth-order valence-electron chi connectivity index (χ4n) is 4.33. The third-order valence-electron chi connectivity index (χ3n) is 5.92. The summed E-state index contributed by atoms with van der Waals surface area (Å²) in [5.74, 6) is 0.966. The molecule has 0 bridgehead atoms. The van der Waals surface area contributed by atoms with Gasteiger partial charge in [-0.05, 0) is 56.1 Å². The topological polar surface area (TPSA) is 58.4 Å². The molecule has 0 spiro atoms. The van der Waals surface area contributed by atoms with Crippen molar-refractivity contribution in [3.8, 4) is 0 Å². The van der Waals surface area contributed by atoms with Gasteiger partial charge in [0.1, 0.15) is 5.82 Å². The SMILES string of the molecule is CCn1c(CN(C)C2CCc3ccccc32)nc2cc(S(=O)(=O)N(C)C)ccc21. The van der Waals surface area contributed by atoms with Crippen molar-refractivity contribution >= 4 is 21.1 Å². The van der Waals surface area contributed by atoms with Gasteiger partial charge in [-0.15, -0.1) is 0 Å². The third kappa shape index (κ3) is 3.47. The number of nitrogens with zero attached hydrogens (tertiary/aromatic N) is 4. The molecule has 0 amide bonds. The number of fused-ring (bicyclic) bond motifs is 2. The quantitative estimate of drug-likeness (QED) is 0.622. The summed E-state index contributed by atoms with van der Waals surface area (Å²) < 4.78 is 28.4. The Morgan fingerprint density at radius 2 is 1.90 bits per heavy atom. The molecule has 0 fully saturated rings. The predicted molar refractivity (Wildman–Crippen MR) is 115 cm³/mol. The van der Waals surface area contributed by atoms with Gasteiger partial charge in [0.25, 0.3) is 0 Å². The fourth-order valence-corrected chi connectivity index (χ4v) is 5.25. The molecule has 0 radical (unpaired) electrons. The summed E-state index contributed by atoms with van der Waals surface area (Å²) in [5, 5.41) is 0. The van der Waals surface area contributed by atoms with Gasteiger partial charge in [0.15, 0.2) is 0 Å². The summed E-state index contributed by atoms with van der Waals surface area (Å²) >= 11 is 0. The van der Waals surface area contributed by atoms with Crippen LogP contribution in [0.2, 0.25) is 0 Å². The molecule has 1 heterocycles. The number of hydrogen-bond donors (Lipinski definition) is 0. The minimum Gasteiger partial charge on any atom is -0.327 e. The monoisotopic (exact) mass is 412 g/mol. The first-order valence-corrected chi connectivity index (χ1v) is 11.5. The first-order valence-electron chi connectivity index (χ1n) is 10.0. The predicted octanol–water partition coefficient (Wildman–Crippen LogP) is 3.43. The van der Waals surface area contributed by atoms with Crippen molar-refractivity contribution in [2.24, 2.45) is 0 Å². The molecule has 154 valence electrons. The van der Waals surface area contributed by atoms with Gasteiger partial charge in [0, 0.05) is 26.7 Å². The molecule has 4 rings (SSSR count). The maximum atomic E-state index is 12.5. The lowest BCUT2D eigenvalue weighted by Crippen LogP contribution is -2.24. The first kappa shape index (κ1) is 20.1. The van der Waals surface area contributed by atoms with E-state index in [0.29, 0.717) is 6.04 Å². The highest BCUT2D eigenvalue weighted by Crippen LogP contribution is 2.35. The molecule has 1 unspecified atom stereocenters. The zero-order valence-electron chi connectivity index (χ0n) is 17.5. The molecule has 1 aliphatic carbocycles. The van der Waals surface area contributed by atoms with Gasteiger partial charge in [0.2, 0.25) is 10.0 Å². The van der Waals surface area contributed by atoms with E-state index in [4.69, 9.17) is 4.98 Å². The summed E-state index contributed by atoms with van der Waals surface area (Å²) in [5.41, 5.74) is 4.55. The van der Waals surface area contributed by atoms with Gasteiger partial charge in [-0.1, -0.05) is 24.3 Å². The maximum Gasteiger partial charge on any atom is 0.242 e. The number of benzene rings is 2. The maximum absolute atomic E-state index is 12.5. The first-order chi connectivity index (χ1) is 13.8. The Balaban J connectivity index is 1.67. The van der Waals surface area contributed by atoms with Crippen molar-refractivity contribution < 1.29 is 8.42 Å². The van der Waals surface area contributed by atoms with Gasteiger partial charge in [0.05, 0.1) is 22.5 Å². The van der Waals surface area contributed by atoms with Crippen LogP contribution in [0, 0.1) is 0 Å². The van der Waals surface area contributed by atoms with Crippen LogP contribution >= 0.6 is 0 Å². The van der Waals surface area contributed by atoms with Crippen LogP contribution in [0.25, 0.3) is 11.0 Å². The van der Waals surface area contributed by atoms with Crippen LogP contribution in [0.4, 0.5) is 0 Å². The molecule has 3 aromatic rings. The van der Waals surface area contributed by atoms with E-state index in [0.717, 1.165) is 42.8 Å². The van der Waals surface area contributed by atoms with Crippen molar-refractivity contribution in [2.75, 3.05) is 21.1 Å². The standard InChI is InChI=1S/C22H28N4O2S/c1-5-26-21-13-11-17(29(27,28)24(2)3)14-19(21)23-22(26)15-25(4)20-12-10-16-8-6-7-9-18(16)20/h6-9,11,13-14,20H,5,10,12,15H2,1-4H3. The van der Waals surface area contributed by atoms with Crippen LogP contribution in [0.3, 0.4) is 0 Å². The highest BCUT2D eigenvalue weighted by Gasteiger charge is 2.27. The Morgan fingerprint density at radius 1 is 1.14 bits per heavy atom. The number of aromatic nitrogens is 2. The second-order valence-corrected chi connectivity index (χ2v) is 10.0. The van der Waals surface area contributed by atoms with Crippen molar-refractivity contribution in [1.82, 2.24) is 18.8 Å². The largest absolute Gasteiger partial charge is 0.327 e. The Bertz CT molecular complexity index is 1150. The minimum absolute atomic E-state index is 0.278. The van der Waals surface area contributed by atoms with Crippen molar-refractivity contribution in [1.29, 1.82) is 0 Å². The lowest BCUT2D eigenvalue weighted by Gasteiger charge is -2.25. The van der Waals surface area contributed by atoms with Crippen LogP contribution in [0.1, 0.15) is 36.3 Å². The lowest BCUT2D eigenvalue weighted by atomic mass is 10.1. The molecule has 1 aliphatic rings. The van der Waals surface area contributed by atoms with E-state index in [1.165, 1.54) is 15.4 Å². The van der Waals surface area contributed by atoms with Crippen LogP contribution in [-0.4, -0.2) is 48.3 Å². The molecule has 1 aromatic heterocycles. The third-order valence-corrected chi connectivity index (χ3v) is 7.73. The van der Waals surface area contributed by atoms with E-state index in [2.05, 4.69) is 47.7 Å². The van der Waals surface area contributed by atoms with Gasteiger partial charge in [-0.3, -0.25) is 4.90 Å². The number of sulfonamides is 1. The van der Waals surface area contributed by atoms with Gasteiger partial charge in [-0.25, -0.2) is 17.7 Å². The second-order valence-electron chi connectivity index (χ2n) is 7.88. The van der Waals surface area contributed by atoms with Gasteiger partial charge < -0.3 is 4.57 Å². The van der Waals surface area contributed by atoms with Crippen LogP contribution in [-0.2, 0) is 29.5 Å². The highest BCUT2D eigenvalue weighted by molar-refractivity contribution is 7.89. The summed E-state index contributed by atoms with van der Waals surface area (Å²) in [6.45, 7) is 3.61. The number of aryl methyl sites for hydroxylation is 2. The van der Waals surface area contributed by atoms with E-state index in [-0.39, 0.29) is 4.90 Å². The lowest BCUT2D eigenvalue weighted by molar-refractivity contribution is 0.228. The minimum atomic E-state index is -3.47. The molecular formula is C22H28N4O2S. The molecule has 0 saturated heterocycles. The molecule has 2 aromatic carbocycles. The normalized spacial score (nSPS) is 16.8. The zero-order chi connectivity index (χ0) is 20.8. The van der Waals surface area contributed by atoms with E-state index < -0.39 is 10.0 Å². The van der Waals surface area contributed by atoms with E-state index in [1.807, 2.05) is 6.07 Å². The fraction of sp³-hybridized carbons (Fsp3) is 0.409. The second kappa shape index (κ2) is 7.55. The number of imidazole rings is 1. The van der Waals surface area contributed by atoms with Crippen molar-refractivity contribution in [2.45, 2.75) is 43.8 Å². The zero-order valence-corrected chi connectivity index (χ0v) is 18.3. The molecule has 1 atom stereocenters. The number of hydrogen-bond acceptors (Lipinski definition) is 4.